The van der Waals surface area contributed by atoms with E-state index < -0.39 is 0 Å². The number of hydrogen-bond acceptors (Lipinski definition) is 3. The van der Waals surface area contributed by atoms with Crippen molar-refractivity contribution in [2.24, 2.45) is 5.73 Å². The van der Waals surface area contributed by atoms with Crippen molar-refractivity contribution in [3.8, 4) is 0 Å². The third-order valence-corrected chi connectivity index (χ3v) is 3.49. The molecule has 20 heavy (non-hydrogen) atoms. The summed E-state index contributed by atoms with van der Waals surface area (Å²) >= 11 is 5.09. The van der Waals surface area contributed by atoms with E-state index in [9.17, 15) is 0 Å². The molecular weight excluding hydrogens is 266 g/mol. The number of anilines is 2. The van der Waals surface area contributed by atoms with Gasteiger partial charge in [-0.2, -0.15) is 0 Å². The van der Waals surface area contributed by atoms with Crippen LogP contribution < -0.4 is 11.1 Å². The fraction of sp³-hybridized carbons (Fsp3) is 0.250. The van der Waals surface area contributed by atoms with Crippen LogP contribution in [0.3, 0.4) is 0 Å². The summed E-state index contributed by atoms with van der Waals surface area (Å²) in [4.78, 5) is 4.52. The van der Waals surface area contributed by atoms with E-state index in [1.54, 1.807) is 12.4 Å². The Labute approximate surface area is 125 Å². The molecule has 104 valence electrons. The van der Waals surface area contributed by atoms with Crippen molar-refractivity contribution in [1.29, 1.82) is 0 Å². The van der Waals surface area contributed by atoms with Gasteiger partial charge >= 0.3 is 0 Å². The van der Waals surface area contributed by atoms with Gasteiger partial charge in [0.1, 0.15) is 4.99 Å². The number of nitrogens with one attached hydrogen (secondary N) is 1. The molecule has 0 aliphatic rings. The SMILES string of the molecule is Cc1cccc(C(C)C)c1Nc1cnccc1C(N)=S. The molecule has 1 aromatic carbocycles. The second kappa shape index (κ2) is 6.01. The lowest BCUT2D eigenvalue weighted by Gasteiger charge is -2.18. The number of nitrogens with two attached hydrogens (primary N) is 1. The molecule has 3 N–H and O–H groups in total. The maximum absolute atomic E-state index is 5.77. The number of para-hydroxylation sites is 1. The van der Waals surface area contributed by atoms with E-state index in [1.165, 1.54) is 11.1 Å². The molecule has 0 aliphatic carbocycles. The first-order valence-corrected chi connectivity index (χ1v) is 7.02. The van der Waals surface area contributed by atoms with Crippen molar-refractivity contribution in [3.05, 3.63) is 53.3 Å². The van der Waals surface area contributed by atoms with Crippen LogP contribution in [-0.4, -0.2) is 9.97 Å². The average molecular weight is 285 g/mol. The first-order valence-electron chi connectivity index (χ1n) is 6.61. The van der Waals surface area contributed by atoms with Crippen molar-refractivity contribution < 1.29 is 0 Å². The van der Waals surface area contributed by atoms with Crippen LogP contribution in [0.4, 0.5) is 11.4 Å². The highest BCUT2D eigenvalue weighted by atomic mass is 32.1. The van der Waals surface area contributed by atoms with Crippen molar-refractivity contribution in [3.63, 3.8) is 0 Å². The van der Waals surface area contributed by atoms with Crippen LogP contribution in [0.25, 0.3) is 0 Å². The summed E-state index contributed by atoms with van der Waals surface area (Å²) in [6.07, 6.45) is 3.45. The largest absolute Gasteiger partial charge is 0.389 e. The Kier molecular flexibility index (Phi) is 4.35. The molecule has 1 aromatic heterocycles. The second-order valence-corrected chi connectivity index (χ2v) is 5.54. The maximum atomic E-state index is 5.77. The van der Waals surface area contributed by atoms with Crippen LogP contribution in [-0.2, 0) is 0 Å². The highest BCUT2D eigenvalue weighted by Gasteiger charge is 2.12. The summed E-state index contributed by atoms with van der Waals surface area (Å²) in [5, 5.41) is 3.44. The van der Waals surface area contributed by atoms with Crippen molar-refractivity contribution in [2.45, 2.75) is 26.7 Å². The first-order chi connectivity index (χ1) is 9.50. The predicted molar refractivity (Wildman–Crippen MR) is 88.7 cm³/mol. The summed E-state index contributed by atoms with van der Waals surface area (Å²) in [6.45, 7) is 6.44. The Morgan fingerprint density at radius 1 is 1.30 bits per heavy atom. The van der Waals surface area contributed by atoms with Crippen molar-refractivity contribution >= 4 is 28.6 Å². The lowest BCUT2D eigenvalue weighted by atomic mass is 9.98. The van der Waals surface area contributed by atoms with E-state index >= 15 is 0 Å². The summed E-state index contributed by atoms with van der Waals surface area (Å²) in [6, 6.07) is 8.13. The van der Waals surface area contributed by atoms with Crippen LogP contribution in [0.2, 0.25) is 0 Å². The Morgan fingerprint density at radius 3 is 2.70 bits per heavy atom. The Hall–Kier alpha value is -1.94. The van der Waals surface area contributed by atoms with Gasteiger partial charge in [-0.3, -0.25) is 4.98 Å². The smallest absolute Gasteiger partial charge is 0.106 e. The topological polar surface area (TPSA) is 50.9 Å². The van der Waals surface area contributed by atoms with Crippen molar-refractivity contribution in [2.75, 3.05) is 5.32 Å². The quantitative estimate of drug-likeness (QED) is 0.837. The molecule has 0 aliphatic heterocycles. The van der Waals surface area contributed by atoms with Crippen LogP contribution >= 0.6 is 12.2 Å². The highest BCUT2D eigenvalue weighted by molar-refractivity contribution is 7.80. The van der Waals surface area contributed by atoms with Gasteiger partial charge < -0.3 is 11.1 Å². The van der Waals surface area contributed by atoms with Crippen LogP contribution in [0.1, 0.15) is 36.5 Å². The van der Waals surface area contributed by atoms with Gasteiger partial charge in [0.2, 0.25) is 0 Å². The van der Waals surface area contributed by atoms with E-state index in [1.807, 2.05) is 6.07 Å². The molecule has 1 heterocycles. The van der Waals surface area contributed by atoms with Gasteiger partial charge in [-0.15, -0.1) is 0 Å². The Balaban J connectivity index is 2.48. The van der Waals surface area contributed by atoms with Crippen molar-refractivity contribution in [1.82, 2.24) is 4.98 Å². The summed E-state index contributed by atoms with van der Waals surface area (Å²) in [7, 11) is 0. The maximum Gasteiger partial charge on any atom is 0.106 e. The number of hydrogen-bond donors (Lipinski definition) is 2. The number of aromatic nitrogens is 1. The summed E-state index contributed by atoms with van der Waals surface area (Å²) in [5.74, 6) is 0.433. The summed E-state index contributed by atoms with van der Waals surface area (Å²) in [5.41, 5.74) is 11.0. The van der Waals surface area contributed by atoms with Gasteiger partial charge in [-0.25, -0.2) is 0 Å². The number of benzene rings is 1. The molecule has 0 radical (unpaired) electrons. The number of rotatable bonds is 4. The zero-order chi connectivity index (χ0) is 14.7. The standard InChI is InChI=1S/C16H19N3S/c1-10(2)12-6-4-5-11(3)15(12)19-14-9-18-8-7-13(14)16(17)20/h4-10,19H,1-3H3,(H2,17,20). The minimum atomic E-state index is 0.370. The van der Waals surface area contributed by atoms with Gasteiger partial charge in [0.05, 0.1) is 11.9 Å². The lowest BCUT2D eigenvalue weighted by molar-refractivity contribution is 0.867. The second-order valence-electron chi connectivity index (χ2n) is 5.10. The van der Waals surface area contributed by atoms with E-state index in [2.05, 4.69) is 49.3 Å². The molecule has 3 nitrogen and oxygen atoms in total. The van der Waals surface area contributed by atoms with Gasteiger partial charge in [-0.1, -0.05) is 44.3 Å². The lowest BCUT2D eigenvalue weighted by Crippen LogP contribution is -2.13. The number of aryl methyl sites for hydroxylation is 1. The monoisotopic (exact) mass is 285 g/mol. The fourth-order valence-electron chi connectivity index (χ4n) is 2.19. The van der Waals surface area contributed by atoms with Gasteiger partial charge in [0, 0.05) is 17.4 Å². The molecule has 0 atom stereocenters. The van der Waals surface area contributed by atoms with E-state index in [0.29, 0.717) is 10.9 Å². The van der Waals surface area contributed by atoms with Crippen LogP contribution in [0, 0.1) is 6.92 Å². The molecule has 0 saturated carbocycles. The molecule has 2 aromatic rings. The Bertz CT molecular complexity index is 635. The molecule has 0 spiro atoms. The fourth-order valence-corrected chi connectivity index (χ4v) is 2.36. The average Bonchev–Trinajstić information content (AvgIpc) is 2.41. The molecule has 0 unspecified atom stereocenters. The predicted octanol–water partition coefficient (Wildman–Crippen LogP) is 3.89. The van der Waals surface area contributed by atoms with Gasteiger partial charge in [0.25, 0.3) is 0 Å². The highest BCUT2D eigenvalue weighted by Crippen LogP contribution is 2.31. The summed E-state index contributed by atoms with van der Waals surface area (Å²) < 4.78 is 0. The minimum Gasteiger partial charge on any atom is -0.389 e. The molecule has 4 heteroatoms. The number of thiocarbonyl (C=S) groups is 1. The van der Waals surface area contributed by atoms with Gasteiger partial charge in [0.15, 0.2) is 0 Å². The zero-order valence-electron chi connectivity index (χ0n) is 12.0. The third-order valence-electron chi connectivity index (χ3n) is 3.27. The minimum absolute atomic E-state index is 0.370. The molecule has 0 fully saturated rings. The van der Waals surface area contributed by atoms with E-state index in [4.69, 9.17) is 18.0 Å². The molecule has 0 saturated heterocycles. The number of nitrogens with zero attached hydrogens (tertiary/aromatic N) is 1. The van der Waals surface area contributed by atoms with Crippen LogP contribution in [0.5, 0.6) is 0 Å². The first kappa shape index (κ1) is 14.5. The number of pyridine rings is 1. The molecule has 0 bridgehead atoms. The third kappa shape index (κ3) is 2.96. The van der Waals surface area contributed by atoms with Crippen LogP contribution in [0.15, 0.2) is 36.7 Å². The van der Waals surface area contributed by atoms with E-state index in [-0.39, 0.29) is 0 Å². The normalized spacial score (nSPS) is 10.6. The van der Waals surface area contributed by atoms with Gasteiger partial charge in [-0.05, 0) is 30.0 Å². The zero-order valence-corrected chi connectivity index (χ0v) is 12.8. The Morgan fingerprint density at radius 2 is 2.05 bits per heavy atom. The molecular formula is C16H19N3S. The van der Waals surface area contributed by atoms with E-state index in [0.717, 1.165) is 16.9 Å². The molecule has 0 amide bonds. The molecule has 2 rings (SSSR count).